The molecule has 9 nitrogen and oxygen atoms in total. The Bertz CT molecular complexity index is 1310. The van der Waals surface area contributed by atoms with Crippen LogP contribution in [0.5, 0.6) is 5.75 Å². The molecule has 6 heterocycles. The van der Waals surface area contributed by atoms with Crippen molar-refractivity contribution in [2.75, 3.05) is 26.2 Å². The smallest absolute Gasteiger partial charge is 0.270 e. The number of nitrogens with zero attached hydrogens (tertiary/aromatic N) is 5. The summed E-state index contributed by atoms with van der Waals surface area (Å²) in [6, 6.07) is 5.84. The number of likely N-dealkylation sites (tertiary alicyclic amines) is 1. The first-order chi connectivity index (χ1) is 16.2. The molecule has 3 aliphatic heterocycles. The summed E-state index contributed by atoms with van der Waals surface area (Å²) >= 11 is 0. The fraction of sp³-hybridized carbons (Fsp3) is 0.500. The highest BCUT2D eigenvalue weighted by Gasteiger charge is 2.29. The molecule has 1 atom stereocenters. The first-order valence-electron chi connectivity index (χ1n) is 11.8. The summed E-state index contributed by atoms with van der Waals surface area (Å²) in [6.07, 6.45) is 7.44. The topological polar surface area (TPSA) is 94.3 Å². The van der Waals surface area contributed by atoms with Gasteiger partial charge in [-0.2, -0.15) is 0 Å². The number of halogens is 1. The molecule has 0 bridgehead atoms. The van der Waals surface area contributed by atoms with Crippen molar-refractivity contribution in [1.29, 1.82) is 0 Å². The summed E-state index contributed by atoms with van der Waals surface area (Å²) in [4.78, 5) is 36.1. The maximum absolute atomic E-state index is 12.6. The van der Waals surface area contributed by atoms with Crippen molar-refractivity contribution in [3.63, 3.8) is 0 Å². The van der Waals surface area contributed by atoms with E-state index >= 15 is 0 Å². The summed E-state index contributed by atoms with van der Waals surface area (Å²) in [5.74, 6) is 0.931. The second-order valence-electron chi connectivity index (χ2n) is 9.30. The van der Waals surface area contributed by atoms with Gasteiger partial charge in [-0.1, -0.05) is 0 Å². The van der Waals surface area contributed by atoms with Crippen molar-refractivity contribution in [2.45, 2.75) is 50.9 Å². The number of aryl methyl sites for hydroxylation is 1. The van der Waals surface area contributed by atoms with Crippen molar-refractivity contribution >= 4 is 23.6 Å². The lowest BCUT2D eigenvalue weighted by Gasteiger charge is -2.34. The van der Waals surface area contributed by atoms with Gasteiger partial charge in [0, 0.05) is 31.7 Å². The van der Waals surface area contributed by atoms with E-state index in [-0.39, 0.29) is 29.6 Å². The maximum Gasteiger partial charge on any atom is 0.270 e. The van der Waals surface area contributed by atoms with Gasteiger partial charge in [0.05, 0.1) is 30.7 Å². The second kappa shape index (κ2) is 9.48. The molecule has 1 fully saturated rings. The van der Waals surface area contributed by atoms with Crippen LogP contribution in [0.1, 0.15) is 36.6 Å². The summed E-state index contributed by atoms with van der Waals surface area (Å²) < 4.78 is 9.12. The number of nitrogens with one attached hydrogen (secondary N) is 1. The Kier molecular flexibility index (Phi) is 6.42. The van der Waals surface area contributed by atoms with Crippen LogP contribution in [-0.2, 0) is 19.5 Å². The van der Waals surface area contributed by atoms with E-state index in [2.05, 4.69) is 26.3 Å². The van der Waals surface area contributed by atoms with E-state index in [1.807, 2.05) is 6.20 Å². The molecular formula is C24H29ClN6O3. The van der Waals surface area contributed by atoms with E-state index < -0.39 is 0 Å². The molecule has 0 radical (unpaired) electrons. The van der Waals surface area contributed by atoms with Crippen LogP contribution in [-0.4, -0.2) is 56.3 Å². The number of piperidine rings is 1. The molecular weight excluding hydrogens is 456 g/mol. The van der Waals surface area contributed by atoms with E-state index in [0.29, 0.717) is 23.8 Å². The zero-order valence-corrected chi connectivity index (χ0v) is 19.8. The second-order valence-corrected chi connectivity index (χ2v) is 9.30. The maximum atomic E-state index is 12.6. The summed E-state index contributed by atoms with van der Waals surface area (Å²) in [6.45, 7) is 4.78. The molecule has 34 heavy (non-hydrogen) atoms. The number of aromatic nitrogens is 4. The molecule has 180 valence electrons. The Morgan fingerprint density at radius 1 is 1.09 bits per heavy atom. The first-order valence-corrected chi connectivity index (χ1v) is 11.8. The highest BCUT2D eigenvalue weighted by atomic mass is 35.5. The molecule has 10 heteroatoms. The van der Waals surface area contributed by atoms with Crippen molar-refractivity contribution in [1.82, 2.24) is 29.3 Å². The average Bonchev–Trinajstić information content (AvgIpc) is 3.23. The lowest BCUT2D eigenvalue weighted by atomic mass is 10.0. The molecule has 6 rings (SSSR count). The Morgan fingerprint density at radius 3 is 2.79 bits per heavy atom. The van der Waals surface area contributed by atoms with Crippen molar-refractivity contribution < 1.29 is 4.74 Å². The molecule has 1 N–H and O–H groups in total. The predicted octanol–water partition coefficient (Wildman–Crippen LogP) is 1.51. The largest absolute Gasteiger partial charge is 0.492 e. The molecule has 3 aromatic rings. The third-order valence-electron chi connectivity index (χ3n) is 7.15. The molecule has 1 saturated heterocycles. The number of pyridine rings is 2. The Morgan fingerprint density at radius 2 is 1.94 bits per heavy atom. The standard InChI is InChI=1S/C24H28N6O3.ClH/c31-22-4-3-20-24-29(23(32)13-27-20)15-19(30(22)24)14-28-7-5-17(6-8-28)25-11-18-10-16-2-1-9-33-21(16)12-26-18;/h3-4,10,12-13,17,19,25H,1-2,5-9,11,14-15H2;1H/t19-;/m1./s1. The Hall–Kier alpha value is -2.75. The Balaban J connectivity index is 0.00000241. The molecule has 0 spiro atoms. The van der Waals surface area contributed by atoms with Gasteiger partial charge in [0.2, 0.25) is 0 Å². The first kappa shape index (κ1) is 23.0. The van der Waals surface area contributed by atoms with Gasteiger partial charge in [-0.05, 0) is 56.5 Å². The van der Waals surface area contributed by atoms with E-state index in [4.69, 9.17) is 4.74 Å². The van der Waals surface area contributed by atoms with E-state index in [1.54, 1.807) is 21.3 Å². The van der Waals surface area contributed by atoms with Crippen LogP contribution in [0.2, 0.25) is 0 Å². The molecule has 0 amide bonds. The number of fused-ring (bicyclic) bond motifs is 1. The van der Waals surface area contributed by atoms with Crippen LogP contribution in [0.25, 0.3) is 11.2 Å². The van der Waals surface area contributed by atoms with Gasteiger partial charge in [-0.25, -0.2) is 4.98 Å². The third kappa shape index (κ3) is 4.23. The third-order valence-corrected chi connectivity index (χ3v) is 7.15. The van der Waals surface area contributed by atoms with Gasteiger partial charge in [0.1, 0.15) is 16.9 Å². The number of hydrogen-bond donors (Lipinski definition) is 1. The van der Waals surface area contributed by atoms with E-state index in [1.165, 1.54) is 11.8 Å². The predicted molar refractivity (Wildman–Crippen MR) is 131 cm³/mol. The van der Waals surface area contributed by atoms with E-state index in [0.717, 1.165) is 69.9 Å². The van der Waals surface area contributed by atoms with Gasteiger partial charge in [0.15, 0.2) is 0 Å². The van der Waals surface area contributed by atoms with Crippen LogP contribution in [0.3, 0.4) is 0 Å². The van der Waals surface area contributed by atoms with Crippen LogP contribution >= 0.6 is 12.4 Å². The summed E-state index contributed by atoms with van der Waals surface area (Å²) in [5, 5.41) is 3.67. The van der Waals surface area contributed by atoms with Gasteiger partial charge in [-0.15, -0.1) is 12.4 Å². The highest BCUT2D eigenvalue weighted by Crippen LogP contribution is 2.25. The molecule has 0 aromatic carbocycles. The van der Waals surface area contributed by atoms with E-state index in [9.17, 15) is 9.59 Å². The Labute approximate surface area is 203 Å². The van der Waals surface area contributed by atoms with Crippen LogP contribution < -0.4 is 21.2 Å². The van der Waals surface area contributed by atoms with Crippen molar-refractivity contribution in [2.24, 2.45) is 0 Å². The fourth-order valence-electron chi connectivity index (χ4n) is 5.43. The zero-order chi connectivity index (χ0) is 22.4. The number of ether oxygens (including phenoxy) is 1. The SMILES string of the molecule is Cl.O=c1cnc2ccc(=O)n3c2n1C[C@H]3CN1CCC(NCc2cc3c(cn2)OCCC3)CC1. The lowest BCUT2D eigenvalue weighted by Crippen LogP contribution is -2.44. The average molecular weight is 485 g/mol. The molecule has 0 aliphatic carbocycles. The highest BCUT2D eigenvalue weighted by molar-refractivity contribution is 5.85. The monoisotopic (exact) mass is 484 g/mol. The summed E-state index contributed by atoms with van der Waals surface area (Å²) in [5.41, 5.74) is 3.47. The van der Waals surface area contributed by atoms with Crippen LogP contribution in [0, 0.1) is 0 Å². The van der Waals surface area contributed by atoms with Gasteiger partial charge < -0.3 is 15.0 Å². The molecule has 3 aromatic heterocycles. The van der Waals surface area contributed by atoms with Crippen molar-refractivity contribution in [3.8, 4) is 5.75 Å². The minimum Gasteiger partial charge on any atom is -0.492 e. The number of hydrogen-bond acceptors (Lipinski definition) is 7. The van der Waals surface area contributed by atoms with Gasteiger partial charge in [-0.3, -0.25) is 23.7 Å². The van der Waals surface area contributed by atoms with Crippen molar-refractivity contribution in [3.05, 3.63) is 62.6 Å². The summed E-state index contributed by atoms with van der Waals surface area (Å²) in [7, 11) is 0. The quantitative estimate of drug-likeness (QED) is 0.586. The minimum atomic E-state index is -0.144. The van der Waals surface area contributed by atoms with Crippen LogP contribution in [0.4, 0.5) is 0 Å². The zero-order valence-electron chi connectivity index (χ0n) is 19.0. The normalized spacial score (nSPS) is 20.1. The molecule has 3 aliphatic rings. The number of rotatable bonds is 5. The molecule has 0 saturated carbocycles. The minimum absolute atomic E-state index is 0. The van der Waals surface area contributed by atoms with Gasteiger partial charge in [0.25, 0.3) is 11.1 Å². The van der Waals surface area contributed by atoms with Gasteiger partial charge >= 0.3 is 0 Å². The van der Waals surface area contributed by atoms with Crippen LogP contribution in [0.15, 0.2) is 40.2 Å². The fourth-order valence-corrected chi connectivity index (χ4v) is 5.43. The molecule has 0 unspecified atom stereocenters. The lowest BCUT2D eigenvalue weighted by molar-refractivity contribution is 0.171.